The number of phenols is 1. The second-order valence-corrected chi connectivity index (χ2v) is 34.9. The predicted octanol–water partition coefficient (Wildman–Crippen LogP) is 0.280. The maximum atomic E-state index is 15.8. The lowest BCUT2D eigenvalue weighted by molar-refractivity contribution is -0.150. The Labute approximate surface area is 739 Å². The second-order valence-electron chi connectivity index (χ2n) is 34.9. The number of phenolic OH excluding ortho intramolecular Hbond substituents is 1. The van der Waals surface area contributed by atoms with Crippen molar-refractivity contribution in [3.05, 3.63) is 102 Å². The highest BCUT2D eigenvalue weighted by molar-refractivity contribution is 6.03. The van der Waals surface area contributed by atoms with Gasteiger partial charge in [0.15, 0.2) is 11.6 Å². The number of ketones is 2. The number of H-pyrrole nitrogens is 2. The molecule has 4 saturated heterocycles. The fourth-order valence-electron chi connectivity index (χ4n) is 17.3. The van der Waals surface area contributed by atoms with Crippen molar-refractivity contribution < 1.29 is 86.9 Å². The molecule has 5 aromatic rings. The normalized spacial score (nSPS) is 26.9. The Hall–Kier alpha value is -11.7. The first kappa shape index (κ1) is 99.1. The third kappa shape index (κ3) is 25.8. The summed E-state index contributed by atoms with van der Waals surface area (Å²) in [4.78, 5) is 248. The Morgan fingerprint density at radius 2 is 1.02 bits per heavy atom. The molecule has 2 aromatic heterocycles. The van der Waals surface area contributed by atoms with Crippen LogP contribution in [0.1, 0.15) is 168 Å². The van der Waals surface area contributed by atoms with Crippen molar-refractivity contribution in [1.29, 1.82) is 0 Å². The molecule has 37 nitrogen and oxygen atoms in total. The third-order valence-corrected chi connectivity index (χ3v) is 24.6. The Morgan fingerprint density at radius 3 is 1.61 bits per heavy atom. The molecule has 3 aromatic carbocycles. The average Bonchev–Trinajstić information content (AvgIpc) is 1.76. The number of benzene rings is 3. The largest absolute Gasteiger partial charge is 0.508 e. The molecule has 0 saturated carbocycles. The summed E-state index contributed by atoms with van der Waals surface area (Å²) >= 11 is 0. The van der Waals surface area contributed by atoms with Crippen LogP contribution in [0.2, 0.25) is 0 Å². The van der Waals surface area contributed by atoms with E-state index in [1.807, 2.05) is 70.2 Å². The predicted molar refractivity (Wildman–Crippen MR) is 471 cm³/mol. The number of unbranched alkanes of at least 4 members (excludes halogenated alkanes) is 2. The summed E-state index contributed by atoms with van der Waals surface area (Å²) in [6.07, 6.45) is 2.62. The van der Waals surface area contributed by atoms with Gasteiger partial charge in [-0.3, -0.25) is 82.0 Å². The van der Waals surface area contributed by atoms with Gasteiger partial charge in [-0.2, -0.15) is 0 Å². The molecule has 4 aliphatic rings. The molecule has 127 heavy (non-hydrogen) atoms. The number of aliphatic hydroxyl groups is 1. The van der Waals surface area contributed by atoms with Crippen molar-refractivity contribution in [1.82, 2.24) is 82.3 Å². The van der Waals surface area contributed by atoms with E-state index in [2.05, 4.69) is 57.8 Å². The van der Waals surface area contributed by atoms with E-state index in [1.165, 1.54) is 67.0 Å². The van der Waals surface area contributed by atoms with E-state index in [4.69, 9.17) is 17.2 Å². The van der Waals surface area contributed by atoms with Crippen LogP contribution in [0.15, 0.2) is 85.2 Å². The molecule has 19 N–H and O–H groups in total. The zero-order chi connectivity index (χ0) is 92.8. The SMILES string of the molecule is CCCC[C@H]1C(=O)N(C)[C@@H](CCCC)C(=O)N[C@@H](CC(C)C)C(=O)N2CCC[C@@H]2C(=O)NCC(=O)N[C@@H](Cc2ccc(O)cc2)C(=O)N(C)[C@@H](C)C(=O)N[C@@H](CC(N)=O)C(=O)N2CCC[C@H]2C(=O)N[C@@H](CN)C(=O)N[C@@H](CC(C)C)C(=O)C2N[C@@H](C[C@H]2O)C(=O)C[C@@H](Cc2c[nH]c3ccccc23)C(=O)N[C@@H](CCN)C(=O)N[C@@H](Cc2c[nH]c3ccccc23)C(=O)N1C. The number of para-hydroxylation sites is 2. The minimum absolute atomic E-state index is 0.0155. The number of nitrogens with two attached hydrogens (primary N) is 3. The first-order valence-electron chi connectivity index (χ1n) is 44.3. The van der Waals surface area contributed by atoms with E-state index >= 15 is 28.8 Å². The molecule has 4 aliphatic heterocycles. The van der Waals surface area contributed by atoms with Crippen molar-refractivity contribution in [3.8, 4) is 5.75 Å². The number of rotatable bonds is 21. The van der Waals surface area contributed by atoms with Crippen LogP contribution in [-0.4, -0.2) is 284 Å². The summed E-state index contributed by atoms with van der Waals surface area (Å²) in [5.41, 5.74) is 21.2. The van der Waals surface area contributed by atoms with E-state index in [0.717, 1.165) is 20.6 Å². The van der Waals surface area contributed by atoms with Crippen molar-refractivity contribution in [2.75, 3.05) is 53.9 Å². The molecule has 692 valence electrons. The van der Waals surface area contributed by atoms with Crippen molar-refractivity contribution >= 4 is 116 Å². The molecule has 37 heteroatoms. The number of hydrogen-bond donors (Lipinski definition) is 16. The van der Waals surface area contributed by atoms with Gasteiger partial charge in [-0.15, -0.1) is 0 Å². The van der Waals surface area contributed by atoms with Gasteiger partial charge in [-0.25, -0.2) is 0 Å². The zero-order valence-electron chi connectivity index (χ0n) is 74.3. The Morgan fingerprint density at radius 1 is 0.520 bits per heavy atom. The number of nitrogens with one attached hydrogen (secondary N) is 11. The van der Waals surface area contributed by atoms with Crippen LogP contribution in [0.4, 0.5) is 0 Å². The molecule has 14 amide bonds. The molecule has 16 atom stereocenters. The van der Waals surface area contributed by atoms with Gasteiger partial charge in [0.2, 0.25) is 82.7 Å². The number of aromatic nitrogens is 2. The lowest BCUT2D eigenvalue weighted by Crippen LogP contribution is -2.61. The number of fused-ring (bicyclic) bond motifs is 6. The van der Waals surface area contributed by atoms with Crippen LogP contribution in [0.25, 0.3) is 21.8 Å². The van der Waals surface area contributed by atoms with E-state index in [1.54, 1.807) is 32.3 Å². The molecule has 2 bridgehead atoms. The van der Waals surface area contributed by atoms with Crippen molar-refractivity contribution in [2.24, 2.45) is 35.0 Å². The number of carbonyl (C=O) groups is 16. The van der Waals surface area contributed by atoms with Crippen LogP contribution < -0.4 is 65.1 Å². The second kappa shape index (κ2) is 46.2. The summed E-state index contributed by atoms with van der Waals surface area (Å²) in [5, 5.41) is 48.1. The van der Waals surface area contributed by atoms with Gasteiger partial charge in [-0.05, 0) is 137 Å². The first-order chi connectivity index (χ1) is 60.5. The number of hydrogen-bond acceptors (Lipinski definition) is 21. The minimum Gasteiger partial charge on any atom is -0.508 e. The summed E-state index contributed by atoms with van der Waals surface area (Å²) in [6.45, 7) is 10.9. The van der Waals surface area contributed by atoms with E-state index < -0.39 is 217 Å². The van der Waals surface area contributed by atoms with E-state index in [9.17, 15) is 58.2 Å². The minimum atomic E-state index is -1.73. The van der Waals surface area contributed by atoms with Gasteiger partial charge in [0.25, 0.3) is 0 Å². The highest BCUT2D eigenvalue weighted by Crippen LogP contribution is 2.30. The number of Topliss-reactive ketones (excluding diaryl/α,β-unsaturated/α-hetero) is 2. The number of nitrogens with zero attached hydrogens (tertiary/aromatic N) is 5. The number of aromatic hydroxyl groups is 1. The summed E-state index contributed by atoms with van der Waals surface area (Å²) in [6, 6.07) is 0.835. The molecule has 0 radical (unpaired) electrons. The quantitative estimate of drug-likeness (QED) is 0.0469. The van der Waals surface area contributed by atoms with E-state index in [0.29, 0.717) is 59.8 Å². The summed E-state index contributed by atoms with van der Waals surface area (Å²) < 4.78 is 0. The Kier molecular flexibility index (Phi) is 36.0. The monoisotopic (exact) mass is 1760 g/mol. The van der Waals surface area contributed by atoms with Crippen LogP contribution in [0.3, 0.4) is 0 Å². The molecule has 6 heterocycles. The molecular weight excluding hydrogens is 1640 g/mol. The van der Waals surface area contributed by atoms with E-state index in [-0.39, 0.29) is 114 Å². The Balaban J connectivity index is 1.06. The third-order valence-electron chi connectivity index (χ3n) is 24.6. The van der Waals surface area contributed by atoms with Gasteiger partial charge >= 0.3 is 0 Å². The number of aromatic amines is 2. The molecule has 0 aliphatic carbocycles. The van der Waals surface area contributed by atoms with Crippen LogP contribution in [0, 0.1) is 17.8 Å². The van der Waals surface area contributed by atoms with Gasteiger partial charge in [0.1, 0.15) is 72.2 Å². The summed E-state index contributed by atoms with van der Waals surface area (Å²) in [7, 11) is 4.13. The van der Waals surface area contributed by atoms with Crippen LogP contribution >= 0.6 is 0 Å². The smallest absolute Gasteiger partial charge is 0.246 e. The lowest BCUT2D eigenvalue weighted by Gasteiger charge is -2.37. The van der Waals surface area contributed by atoms with Gasteiger partial charge in [-0.1, -0.05) is 116 Å². The van der Waals surface area contributed by atoms with Crippen LogP contribution in [0.5, 0.6) is 5.75 Å². The number of aliphatic hydroxyl groups excluding tert-OH is 1. The number of primary amides is 1. The summed E-state index contributed by atoms with van der Waals surface area (Å²) in [5.74, 6) is -14.8. The van der Waals surface area contributed by atoms with Gasteiger partial charge in [0.05, 0.1) is 37.2 Å². The zero-order valence-corrected chi connectivity index (χ0v) is 74.3. The fraction of sp³-hybridized carbons (Fsp3) is 0.578. The van der Waals surface area contributed by atoms with Crippen LogP contribution in [-0.2, 0) is 96.0 Å². The maximum absolute atomic E-state index is 15.8. The fourth-order valence-corrected chi connectivity index (χ4v) is 17.3. The molecule has 9 rings (SSSR count). The Bertz CT molecular complexity index is 4760. The number of carbonyl (C=O) groups excluding carboxylic acids is 16. The standard InChI is InChI=1S/C90H129N19O18/c1-11-13-25-69-84(121)103-64(38-50(5)6)88(125)108-35-19-27-70(108)83(120)96-48-76(114)97-65(39-52-29-31-56(110)32-30-52)86(123)105(8)51(7)79(116)101-67(44-75(93)113)89(126)109-36-20-28-71(109)85(122)104-68(45-92)82(119)100-63(37-49(3)4)78(115)77-74(112)43-62(98-77)73(111)42-53(40-54-46-94-59-23-17-15-21-57(54)59)80(117)99-61(33-34-91)81(118)102-66(41-55-47-95-60-24-18-16-22-58(55)60)87(124)107(10)72(26-14-12-2)90(127)106(69)9/h15-18,21-24,29-32,46-47,49-51,53,61-72,74,77,94-95,98,110,112H,11-14,19-20,25-28,33-45,48,91-92H2,1-10H3,(H2,93,113)(H,96,120)(H,97,114)(H,99,117)(H,100,119)(H,101,116)(H,102,118)(H,103,121)(H,104,122)/t51-,53+,61-,62-,63-,64-,65-,66-,67-,68-,69-,70+,71-,72-,74+,77?/m0/s1. The number of likely N-dealkylation sites (N-methyl/N-ethyl adjacent to an activating group) is 3. The van der Waals surface area contributed by atoms with Crippen molar-refractivity contribution in [2.45, 2.75) is 261 Å². The molecule has 0 spiro atoms. The molecule has 1 unspecified atom stereocenters. The van der Waals surface area contributed by atoms with Crippen molar-refractivity contribution in [3.63, 3.8) is 0 Å². The number of amides is 14. The average molecular weight is 1770 g/mol. The maximum Gasteiger partial charge on any atom is 0.246 e. The molecular formula is C90H129N19O18. The highest BCUT2D eigenvalue weighted by atomic mass is 16.3. The van der Waals surface area contributed by atoms with Gasteiger partial charge in [0, 0.05) is 100 Å². The first-order valence-corrected chi connectivity index (χ1v) is 44.3. The van der Waals surface area contributed by atoms with Gasteiger partial charge < -0.3 is 104 Å². The lowest BCUT2D eigenvalue weighted by atomic mass is 9.90. The molecule has 4 fully saturated rings. The topological polar surface area (TPSA) is 548 Å². The highest BCUT2D eigenvalue weighted by Gasteiger charge is 2.48.